The Labute approximate surface area is 168 Å². The maximum absolute atomic E-state index is 12.9. The number of benzene rings is 2. The third kappa shape index (κ3) is 4.63. The molecule has 0 N–H and O–H groups in total. The van der Waals surface area contributed by atoms with Gasteiger partial charge in [-0.15, -0.1) is 0 Å². The van der Waals surface area contributed by atoms with Gasteiger partial charge in [-0.2, -0.15) is 13.2 Å². The van der Waals surface area contributed by atoms with Crippen LogP contribution in [0.4, 0.5) is 18.9 Å². The minimum absolute atomic E-state index is 0.171. The Balaban J connectivity index is 1.96. The summed E-state index contributed by atoms with van der Waals surface area (Å²) in [5.74, 6) is 0.00121. The smallest absolute Gasteiger partial charge is 0.416 e. The summed E-state index contributed by atoms with van der Waals surface area (Å²) in [5.41, 5.74) is 2.75. The Bertz CT molecular complexity index is 884. The third-order valence-corrected chi connectivity index (χ3v) is 5.27. The molecular formula is C23H24F3NO2. The number of rotatable bonds is 4. The molecule has 154 valence electrons. The van der Waals surface area contributed by atoms with Crippen molar-refractivity contribution in [3.05, 3.63) is 76.9 Å². The molecule has 2 aromatic carbocycles. The second kappa shape index (κ2) is 8.31. The number of nitrogens with zero attached hydrogens (tertiary/aromatic N) is 1. The summed E-state index contributed by atoms with van der Waals surface area (Å²) < 4.78 is 43.6. The van der Waals surface area contributed by atoms with Crippen LogP contribution < -0.4 is 4.90 Å². The van der Waals surface area contributed by atoms with E-state index in [0.717, 1.165) is 23.4 Å². The predicted octanol–water partition coefficient (Wildman–Crippen LogP) is 5.88. The highest BCUT2D eigenvalue weighted by Gasteiger charge is 2.32. The van der Waals surface area contributed by atoms with Crippen LogP contribution in [-0.4, -0.2) is 19.6 Å². The Morgan fingerprint density at radius 1 is 1.07 bits per heavy atom. The predicted molar refractivity (Wildman–Crippen MR) is 107 cm³/mol. The van der Waals surface area contributed by atoms with Gasteiger partial charge in [0.25, 0.3) is 0 Å². The van der Waals surface area contributed by atoms with E-state index < -0.39 is 11.7 Å². The van der Waals surface area contributed by atoms with E-state index in [-0.39, 0.29) is 12.0 Å². The molecule has 1 heterocycles. The number of methoxy groups -OCH3 is 1. The zero-order valence-electron chi connectivity index (χ0n) is 16.7. The molecule has 0 aliphatic carbocycles. The number of carbonyl (C=O) groups excluding carboxylic acids is 1. The summed E-state index contributed by atoms with van der Waals surface area (Å²) in [5, 5.41) is 0. The number of hydrogen-bond donors (Lipinski definition) is 0. The van der Waals surface area contributed by atoms with Crippen molar-refractivity contribution in [3.8, 4) is 0 Å². The van der Waals surface area contributed by atoms with Gasteiger partial charge in [-0.1, -0.05) is 44.2 Å². The van der Waals surface area contributed by atoms with Crippen LogP contribution in [0.25, 0.3) is 0 Å². The topological polar surface area (TPSA) is 29.5 Å². The summed E-state index contributed by atoms with van der Waals surface area (Å²) >= 11 is 0. The number of ether oxygens (including phenoxy) is 1. The first-order chi connectivity index (χ1) is 13.7. The third-order valence-electron chi connectivity index (χ3n) is 5.27. The minimum Gasteiger partial charge on any atom is -0.466 e. The highest BCUT2D eigenvalue weighted by molar-refractivity contribution is 5.90. The molecule has 3 nitrogen and oxygen atoms in total. The van der Waals surface area contributed by atoms with Crippen molar-refractivity contribution in [1.29, 1.82) is 0 Å². The van der Waals surface area contributed by atoms with Gasteiger partial charge in [-0.3, -0.25) is 0 Å². The second-order valence-electron chi connectivity index (χ2n) is 7.47. The van der Waals surface area contributed by atoms with Crippen molar-refractivity contribution < 1.29 is 22.7 Å². The van der Waals surface area contributed by atoms with Gasteiger partial charge in [0.1, 0.15) is 0 Å². The normalized spacial score (nSPS) is 17.3. The molecule has 0 fully saturated rings. The minimum atomic E-state index is -4.37. The quantitative estimate of drug-likeness (QED) is 0.597. The second-order valence-corrected chi connectivity index (χ2v) is 7.47. The molecule has 0 saturated heterocycles. The molecule has 1 unspecified atom stereocenters. The Kier molecular flexibility index (Phi) is 6.01. The van der Waals surface area contributed by atoms with Gasteiger partial charge in [0.15, 0.2) is 0 Å². The number of hydrogen-bond acceptors (Lipinski definition) is 3. The number of carbonyl (C=O) groups is 1. The van der Waals surface area contributed by atoms with E-state index in [1.54, 1.807) is 0 Å². The van der Waals surface area contributed by atoms with Crippen LogP contribution in [-0.2, 0) is 15.7 Å². The number of halogens is 3. The van der Waals surface area contributed by atoms with Crippen molar-refractivity contribution in [1.82, 2.24) is 0 Å². The van der Waals surface area contributed by atoms with Gasteiger partial charge in [0, 0.05) is 5.69 Å². The van der Waals surface area contributed by atoms with Gasteiger partial charge < -0.3 is 9.64 Å². The molecule has 0 spiro atoms. The lowest BCUT2D eigenvalue weighted by Gasteiger charge is -2.37. The Morgan fingerprint density at radius 3 is 2.21 bits per heavy atom. The van der Waals surface area contributed by atoms with E-state index in [1.807, 2.05) is 35.2 Å². The largest absolute Gasteiger partial charge is 0.466 e. The fourth-order valence-corrected chi connectivity index (χ4v) is 3.55. The monoisotopic (exact) mass is 403 g/mol. The Morgan fingerprint density at radius 2 is 1.69 bits per heavy atom. The average molecular weight is 403 g/mol. The maximum Gasteiger partial charge on any atom is 0.416 e. The molecule has 1 atom stereocenters. The van der Waals surface area contributed by atoms with Crippen LogP contribution in [0, 0.1) is 0 Å². The molecule has 1 aliphatic rings. The molecule has 6 heteroatoms. The number of anilines is 1. The number of alkyl halides is 3. The lowest BCUT2D eigenvalue weighted by molar-refractivity contribution is -0.138. The molecule has 0 radical (unpaired) electrons. The van der Waals surface area contributed by atoms with Gasteiger partial charge >= 0.3 is 12.1 Å². The van der Waals surface area contributed by atoms with E-state index in [1.165, 1.54) is 24.8 Å². The van der Waals surface area contributed by atoms with Gasteiger partial charge in [-0.25, -0.2) is 4.79 Å². The number of esters is 1. The van der Waals surface area contributed by atoms with Crippen LogP contribution in [0.1, 0.15) is 48.9 Å². The SMILES string of the molecule is COC(=O)C1=CCC(c2ccc(C(F)(F)F)cc2)N(c2ccc(C(C)C)cc2)C1. The average Bonchev–Trinajstić information content (AvgIpc) is 2.72. The zero-order chi connectivity index (χ0) is 21.2. The van der Waals surface area contributed by atoms with Gasteiger partial charge in [-0.05, 0) is 47.7 Å². The summed E-state index contributed by atoms with van der Waals surface area (Å²) in [7, 11) is 1.34. The molecule has 1 aliphatic heterocycles. The standard InChI is InChI=1S/C23H24F3NO2/c1-15(2)16-6-11-20(12-7-16)27-14-18(22(28)29-3)8-13-21(27)17-4-9-19(10-5-17)23(24,25)26/h4-12,15,21H,13-14H2,1-3H3. The van der Waals surface area contributed by atoms with Crippen LogP contribution in [0.5, 0.6) is 0 Å². The van der Waals surface area contributed by atoms with Crippen molar-refractivity contribution in [2.24, 2.45) is 0 Å². The molecule has 0 aromatic heterocycles. The Hall–Kier alpha value is -2.76. The van der Waals surface area contributed by atoms with Gasteiger partial charge in [0.05, 0.1) is 30.8 Å². The van der Waals surface area contributed by atoms with E-state index in [2.05, 4.69) is 13.8 Å². The highest BCUT2D eigenvalue weighted by atomic mass is 19.4. The van der Waals surface area contributed by atoms with Crippen LogP contribution >= 0.6 is 0 Å². The first-order valence-corrected chi connectivity index (χ1v) is 9.51. The van der Waals surface area contributed by atoms with Crippen LogP contribution in [0.3, 0.4) is 0 Å². The van der Waals surface area contributed by atoms with E-state index in [0.29, 0.717) is 24.5 Å². The van der Waals surface area contributed by atoms with Crippen LogP contribution in [0.2, 0.25) is 0 Å². The first-order valence-electron chi connectivity index (χ1n) is 9.51. The zero-order valence-corrected chi connectivity index (χ0v) is 16.7. The lowest BCUT2D eigenvalue weighted by atomic mass is 9.94. The summed E-state index contributed by atoms with van der Waals surface area (Å²) in [6.45, 7) is 4.55. The van der Waals surface area contributed by atoms with Gasteiger partial charge in [0.2, 0.25) is 0 Å². The fraction of sp³-hybridized carbons (Fsp3) is 0.348. The fourth-order valence-electron chi connectivity index (χ4n) is 3.55. The first kappa shape index (κ1) is 21.0. The molecule has 29 heavy (non-hydrogen) atoms. The van der Waals surface area contributed by atoms with Crippen molar-refractivity contribution in [2.45, 2.75) is 38.4 Å². The van der Waals surface area contributed by atoms with Crippen molar-refractivity contribution in [3.63, 3.8) is 0 Å². The molecule has 0 saturated carbocycles. The summed E-state index contributed by atoms with van der Waals surface area (Å²) in [4.78, 5) is 14.1. The molecular weight excluding hydrogens is 379 g/mol. The molecule has 0 bridgehead atoms. The van der Waals surface area contributed by atoms with E-state index in [4.69, 9.17) is 4.74 Å². The summed E-state index contributed by atoms with van der Waals surface area (Å²) in [6.07, 6.45) is -2.05. The van der Waals surface area contributed by atoms with E-state index in [9.17, 15) is 18.0 Å². The molecule has 3 rings (SSSR count). The van der Waals surface area contributed by atoms with Crippen LogP contribution in [0.15, 0.2) is 60.2 Å². The van der Waals surface area contributed by atoms with E-state index >= 15 is 0 Å². The molecule has 0 amide bonds. The van der Waals surface area contributed by atoms with Crippen molar-refractivity contribution in [2.75, 3.05) is 18.6 Å². The lowest BCUT2D eigenvalue weighted by Crippen LogP contribution is -2.35. The molecule has 2 aromatic rings. The van der Waals surface area contributed by atoms with Crippen molar-refractivity contribution >= 4 is 11.7 Å². The highest BCUT2D eigenvalue weighted by Crippen LogP contribution is 2.37. The maximum atomic E-state index is 12.9. The summed E-state index contributed by atoms with van der Waals surface area (Å²) in [6, 6.07) is 13.1.